The Bertz CT molecular complexity index is 687. The zero-order valence-corrected chi connectivity index (χ0v) is 15.2. The van der Waals surface area contributed by atoms with E-state index in [1.165, 1.54) is 5.56 Å². The molecule has 134 valence electrons. The fourth-order valence-corrected chi connectivity index (χ4v) is 2.44. The molecule has 0 aromatic heterocycles. The fraction of sp³-hybridized carbons (Fsp3) is 0.381. The summed E-state index contributed by atoms with van der Waals surface area (Å²) in [5, 5.41) is 0. The first kappa shape index (κ1) is 18.8. The number of hydrogen-bond acceptors (Lipinski definition) is 3. The molecule has 0 heterocycles. The number of rotatable bonds is 8. The third-order valence-electron chi connectivity index (χ3n) is 3.82. The highest BCUT2D eigenvalue weighted by molar-refractivity contribution is 5.76. The first-order chi connectivity index (χ1) is 11.8. The highest BCUT2D eigenvalue weighted by Gasteiger charge is 2.12. The molecule has 4 nitrogen and oxygen atoms in total. The Morgan fingerprint density at radius 3 is 2.20 bits per heavy atom. The molecular formula is C21H27NO3. The molecule has 0 saturated heterocycles. The quantitative estimate of drug-likeness (QED) is 0.742. The standard InChI is InChI=1S/C21H27NO3/c1-21(2,3)17-8-10-18(11-9-17)24-12-5-13-25-19-7-4-6-16(14-19)15-20(22)23/h4,6-11,14H,5,12-13,15H2,1-3H3,(H2,22,23). The topological polar surface area (TPSA) is 61.6 Å². The number of amides is 1. The Balaban J connectivity index is 1.72. The van der Waals surface area contributed by atoms with Crippen LogP contribution in [0.3, 0.4) is 0 Å². The normalized spacial score (nSPS) is 11.2. The fourth-order valence-electron chi connectivity index (χ4n) is 2.44. The van der Waals surface area contributed by atoms with Crippen LogP contribution < -0.4 is 15.2 Å². The Hall–Kier alpha value is -2.49. The Kier molecular flexibility index (Phi) is 6.45. The van der Waals surface area contributed by atoms with Gasteiger partial charge in [0.05, 0.1) is 19.6 Å². The van der Waals surface area contributed by atoms with Gasteiger partial charge in [0, 0.05) is 6.42 Å². The van der Waals surface area contributed by atoms with Gasteiger partial charge in [0.1, 0.15) is 11.5 Å². The van der Waals surface area contributed by atoms with Crippen LogP contribution in [0.25, 0.3) is 0 Å². The molecule has 0 aliphatic rings. The van der Waals surface area contributed by atoms with E-state index >= 15 is 0 Å². The summed E-state index contributed by atoms with van der Waals surface area (Å²) in [4.78, 5) is 11.0. The van der Waals surface area contributed by atoms with Crippen molar-refractivity contribution in [2.45, 2.75) is 39.0 Å². The summed E-state index contributed by atoms with van der Waals surface area (Å²) in [5.41, 5.74) is 7.51. The number of carbonyl (C=O) groups excluding carboxylic acids is 1. The maximum absolute atomic E-state index is 11.0. The second-order valence-corrected chi connectivity index (χ2v) is 7.12. The molecule has 1 amide bonds. The van der Waals surface area contributed by atoms with Gasteiger partial charge in [-0.1, -0.05) is 45.0 Å². The zero-order chi connectivity index (χ0) is 18.3. The summed E-state index contributed by atoms with van der Waals surface area (Å²) >= 11 is 0. The van der Waals surface area contributed by atoms with Crippen LogP contribution in [0.2, 0.25) is 0 Å². The van der Waals surface area contributed by atoms with Crippen molar-refractivity contribution in [2.75, 3.05) is 13.2 Å². The van der Waals surface area contributed by atoms with Crippen molar-refractivity contribution >= 4 is 5.91 Å². The average molecular weight is 341 g/mol. The third kappa shape index (κ3) is 6.49. The molecule has 0 spiro atoms. The summed E-state index contributed by atoms with van der Waals surface area (Å²) in [6.45, 7) is 7.73. The summed E-state index contributed by atoms with van der Waals surface area (Å²) in [5.74, 6) is 1.27. The maximum atomic E-state index is 11.0. The van der Waals surface area contributed by atoms with Crippen LogP contribution in [-0.2, 0) is 16.6 Å². The Morgan fingerprint density at radius 2 is 1.60 bits per heavy atom. The van der Waals surface area contributed by atoms with Crippen molar-refractivity contribution in [3.8, 4) is 11.5 Å². The van der Waals surface area contributed by atoms with Crippen molar-refractivity contribution in [3.63, 3.8) is 0 Å². The van der Waals surface area contributed by atoms with Crippen LogP contribution in [-0.4, -0.2) is 19.1 Å². The smallest absolute Gasteiger partial charge is 0.221 e. The lowest BCUT2D eigenvalue weighted by atomic mass is 9.87. The van der Waals surface area contributed by atoms with Gasteiger partial charge < -0.3 is 15.2 Å². The highest BCUT2D eigenvalue weighted by atomic mass is 16.5. The van der Waals surface area contributed by atoms with Crippen LogP contribution in [0.4, 0.5) is 0 Å². The predicted octanol–water partition coefficient (Wildman–Crippen LogP) is 3.86. The van der Waals surface area contributed by atoms with Crippen molar-refractivity contribution in [3.05, 3.63) is 59.7 Å². The lowest BCUT2D eigenvalue weighted by Gasteiger charge is -2.19. The number of benzene rings is 2. The van der Waals surface area contributed by atoms with E-state index in [9.17, 15) is 4.79 Å². The van der Waals surface area contributed by atoms with Crippen LogP contribution >= 0.6 is 0 Å². The highest BCUT2D eigenvalue weighted by Crippen LogP contribution is 2.24. The Labute approximate surface area is 150 Å². The van der Waals surface area contributed by atoms with Crippen LogP contribution in [0.1, 0.15) is 38.3 Å². The van der Waals surface area contributed by atoms with Gasteiger partial charge in [-0.05, 0) is 40.8 Å². The molecule has 0 aliphatic carbocycles. The molecule has 2 aromatic rings. The van der Waals surface area contributed by atoms with E-state index in [0.717, 1.165) is 23.5 Å². The van der Waals surface area contributed by atoms with Crippen molar-refractivity contribution in [1.82, 2.24) is 0 Å². The molecule has 0 radical (unpaired) electrons. The zero-order valence-electron chi connectivity index (χ0n) is 15.2. The largest absolute Gasteiger partial charge is 0.493 e. The molecule has 0 aliphatic heterocycles. The first-order valence-electron chi connectivity index (χ1n) is 8.58. The monoisotopic (exact) mass is 341 g/mol. The summed E-state index contributed by atoms with van der Waals surface area (Å²) in [7, 11) is 0. The maximum Gasteiger partial charge on any atom is 0.221 e. The number of hydrogen-bond donors (Lipinski definition) is 1. The number of nitrogens with two attached hydrogens (primary N) is 1. The van der Waals surface area contributed by atoms with Crippen molar-refractivity contribution in [1.29, 1.82) is 0 Å². The molecule has 25 heavy (non-hydrogen) atoms. The summed E-state index contributed by atoms with van der Waals surface area (Å²) in [6, 6.07) is 15.7. The number of carbonyl (C=O) groups is 1. The van der Waals surface area contributed by atoms with Gasteiger partial charge in [-0.2, -0.15) is 0 Å². The first-order valence-corrected chi connectivity index (χ1v) is 8.58. The SMILES string of the molecule is CC(C)(C)c1ccc(OCCCOc2cccc(CC(N)=O)c2)cc1. The summed E-state index contributed by atoms with van der Waals surface area (Å²) in [6.07, 6.45) is 1.01. The molecule has 2 aromatic carbocycles. The van der Waals surface area contributed by atoms with Gasteiger partial charge in [0.2, 0.25) is 5.91 Å². The van der Waals surface area contributed by atoms with Gasteiger partial charge in [-0.25, -0.2) is 0 Å². The lowest BCUT2D eigenvalue weighted by molar-refractivity contribution is -0.117. The molecule has 0 bridgehead atoms. The van der Waals surface area contributed by atoms with Gasteiger partial charge in [0.25, 0.3) is 0 Å². The van der Waals surface area contributed by atoms with Gasteiger partial charge in [-0.3, -0.25) is 4.79 Å². The molecule has 4 heteroatoms. The second kappa shape index (κ2) is 8.56. The van der Waals surface area contributed by atoms with E-state index in [2.05, 4.69) is 32.9 Å². The Morgan fingerprint density at radius 1 is 0.960 bits per heavy atom. The number of ether oxygens (including phenoxy) is 2. The molecule has 0 unspecified atom stereocenters. The van der Waals surface area contributed by atoms with Crippen LogP contribution in [0.15, 0.2) is 48.5 Å². The van der Waals surface area contributed by atoms with Crippen molar-refractivity contribution < 1.29 is 14.3 Å². The second-order valence-electron chi connectivity index (χ2n) is 7.12. The molecule has 2 rings (SSSR count). The van der Waals surface area contributed by atoms with E-state index in [1.54, 1.807) is 0 Å². The lowest BCUT2D eigenvalue weighted by Crippen LogP contribution is -2.13. The molecular weight excluding hydrogens is 314 g/mol. The molecule has 0 atom stereocenters. The average Bonchev–Trinajstić information content (AvgIpc) is 2.54. The van der Waals surface area contributed by atoms with E-state index in [1.807, 2.05) is 36.4 Å². The van der Waals surface area contributed by atoms with Crippen LogP contribution in [0, 0.1) is 0 Å². The molecule has 0 fully saturated rings. The van der Waals surface area contributed by atoms with E-state index in [-0.39, 0.29) is 17.7 Å². The molecule has 2 N–H and O–H groups in total. The van der Waals surface area contributed by atoms with E-state index in [0.29, 0.717) is 13.2 Å². The minimum atomic E-state index is -0.344. The van der Waals surface area contributed by atoms with E-state index < -0.39 is 0 Å². The number of primary amides is 1. The van der Waals surface area contributed by atoms with Gasteiger partial charge in [-0.15, -0.1) is 0 Å². The van der Waals surface area contributed by atoms with Crippen LogP contribution in [0.5, 0.6) is 11.5 Å². The van der Waals surface area contributed by atoms with E-state index in [4.69, 9.17) is 15.2 Å². The predicted molar refractivity (Wildman–Crippen MR) is 100 cm³/mol. The van der Waals surface area contributed by atoms with Crippen molar-refractivity contribution in [2.24, 2.45) is 5.73 Å². The minimum absolute atomic E-state index is 0.148. The third-order valence-corrected chi connectivity index (χ3v) is 3.82. The minimum Gasteiger partial charge on any atom is -0.493 e. The van der Waals surface area contributed by atoms with Gasteiger partial charge >= 0.3 is 0 Å². The molecule has 0 saturated carbocycles. The van der Waals surface area contributed by atoms with Gasteiger partial charge in [0.15, 0.2) is 0 Å². The summed E-state index contributed by atoms with van der Waals surface area (Å²) < 4.78 is 11.4.